The molecule has 0 aromatic carbocycles. The third kappa shape index (κ3) is 2.93. The Morgan fingerprint density at radius 1 is 1.71 bits per heavy atom. The second-order valence-corrected chi connectivity index (χ2v) is 4.13. The highest BCUT2D eigenvalue weighted by Crippen LogP contribution is 2.09. The molecule has 1 heterocycles. The number of aryl methyl sites for hydroxylation is 1. The van der Waals surface area contributed by atoms with Gasteiger partial charge in [-0.15, -0.1) is 0 Å². The van der Waals surface area contributed by atoms with Crippen LogP contribution in [-0.2, 0) is 11.3 Å². The molecule has 0 saturated heterocycles. The number of methoxy groups -OCH3 is 1. The Bertz CT molecular complexity index is 367. The predicted octanol–water partition coefficient (Wildman–Crippen LogP) is 1.54. The van der Waals surface area contributed by atoms with Gasteiger partial charge in [0, 0.05) is 20.3 Å². The van der Waals surface area contributed by atoms with Crippen molar-refractivity contribution in [3.63, 3.8) is 0 Å². The predicted molar refractivity (Wildman–Crippen MR) is 62.7 cm³/mol. The molecule has 0 aliphatic rings. The molecule has 4 nitrogen and oxygen atoms in total. The first-order chi connectivity index (χ1) is 6.66. The lowest BCUT2D eigenvalue weighted by Crippen LogP contribution is -2.23. The van der Waals surface area contributed by atoms with E-state index in [1.54, 1.807) is 7.11 Å². The standard InChI is InChI=1S/C8H10ClIN2O2/c1-14-4-2-3-12-5-11-7(9)6(10)8(12)13/h5H,2-4H2,1H3. The number of hydrogen-bond acceptors (Lipinski definition) is 3. The minimum Gasteiger partial charge on any atom is -0.385 e. The summed E-state index contributed by atoms with van der Waals surface area (Å²) in [6.07, 6.45) is 2.25. The molecular formula is C8H10ClIN2O2. The van der Waals surface area contributed by atoms with E-state index in [1.165, 1.54) is 10.9 Å². The van der Waals surface area contributed by atoms with Gasteiger partial charge in [0.05, 0.1) is 6.33 Å². The lowest BCUT2D eigenvalue weighted by atomic mass is 10.4. The topological polar surface area (TPSA) is 44.1 Å². The van der Waals surface area contributed by atoms with Gasteiger partial charge in [0.25, 0.3) is 5.56 Å². The van der Waals surface area contributed by atoms with Crippen molar-refractivity contribution in [1.82, 2.24) is 9.55 Å². The quantitative estimate of drug-likeness (QED) is 0.478. The summed E-state index contributed by atoms with van der Waals surface area (Å²) in [5, 5.41) is 0.263. The van der Waals surface area contributed by atoms with Crippen LogP contribution in [-0.4, -0.2) is 23.3 Å². The minimum atomic E-state index is -0.0956. The Hall–Kier alpha value is -0.140. The van der Waals surface area contributed by atoms with Gasteiger partial charge in [0.15, 0.2) is 0 Å². The summed E-state index contributed by atoms with van der Waals surface area (Å²) in [4.78, 5) is 15.5. The van der Waals surface area contributed by atoms with Gasteiger partial charge in [0.1, 0.15) is 8.72 Å². The van der Waals surface area contributed by atoms with Crippen LogP contribution in [0.3, 0.4) is 0 Å². The van der Waals surface area contributed by atoms with E-state index in [-0.39, 0.29) is 10.7 Å². The smallest absolute Gasteiger partial charge is 0.268 e. The molecule has 0 aliphatic heterocycles. The monoisotopic (exact) mass is 328 g/mol. The number of halogens is 2. The first-order valence-corrected chi connectivity index (χ1v) is 5.52. The maximum atomic E-state index is 11.6. The van der Waals surface area contributed by atoms with Crippen molar-refractivity contribution in [2.45, 2.75) is 13.0 Å². The molecule has 0 radical (unpaired) electrons. The van der Waals surface area contributed by atoms with Crippen molar-refractivity contribution in [2.24, 2.45) is 0 Å². The molecule has 0 bridgehead atoms. The molecule has 0 saturated carbocycles. The number of nitrogens with zero attached hydrogens (tertiary/aromatic N) is 2. The van der Waals surface area contributed by atoms with E-state index in [9.17, 15) is 4.79 Å². The van der Waals surface area contributed by atoms with Gasteiger partial charge in [-0.3, -0.25) is 9.36 Å². The fourth-order valence-corrected chi connectivity index (χ4v) is 1.56. The second-order valence-electron chi connectivity index (χ2n) is 2.69. The lowest BCUT2D eigenvalue weighted by molar-refractivity contribution is 0.190. The largest absolute Gasteiger partial charge is 0.385 e. The average Bonchev–Trinajstić information content (AvgIpc) is 2.18. The zero-order valence-electron chi connectivity index (χ0n) is 7.67. The van der Waals surface area contributed by atoms with Crippen molar-refractivity contribution in [1.29, 1.82) is 0 Å². The van der Waals surface area contributed by atoms with Crippen LogP contribution in [0.1, 0.15) is 6.42 Å². The first-order valence-electron chi connectivity index (χ1n) is 4.06. The maximum absolute atomic E-state index is 11.6. The highest BCUT2D eigenvalue weighted by atomic mass is 127. The molecule has 1 aromatic rings. The van der Waals surface area contributed by atoms with E-state index >= 15 is 0 Å². The lowest BCUT2D eigenvalue weighted by Gasteiger charge is -2.05. The van der Waals surface area contributed by atoms with Crippen molar-refractivity contribution >= 4 is 34.2 Å². The minimum absolute atomic E-state index is 0.0956. The maximum Gasteiger partial charge on any atom is 0.268 e. The summed E-state index contributed by atoms with van der Waals surface area (Å²) in [5.41, 5.74) is -0.0956. The molecule has 6 heteroatoms. The fourth-order valence-electron chi connectivity index (χ4n) is 0.982. The van der Waals surface area contributed by atoms with Crippen molar-refractivity contribution < 1.29 is 4.74 Å². The van der Waals surface area contributed by atoms with Crippen LogP contribution in [0.25, 0.3) is 0 Å². The SMILES string of the molecule is COCCCn1cnc(Cl)c(I)c1=O. The Kier molecular flexibility index (Phi) is 4.83. The molecular weight excluding hydrogens is 318 g/mol. The molecule has 0 atom stereocenters. The number of aromatic nitrogens is 2. The van der Waals surface area contributed by atoms with Crippen molar-refractivity contribution in [3.8, 4) is 0 Å². The van der Waals surface area contributed by atoms with Crippen molar-refractivity contribution in [2.75, 3.05) is 13.7 Å². The third-order valence-corrected chi connectivity index (χ3v) is 3.27. The molecule has 1 aromatic heterocycles. The summed E-state index contributed by atoms with van der Waals surface area (Å²) in [7, 11) is 1.63. The van der Waals surface area contributed by atoms with Crippen LogP contribution in [0.15, 0.2) is 11.1 Å². The van der Waals surface area contributed by atoms with E-state index in [2.05, 4.69) is 4.98 Å². The normalized spacial score (nSPS) is 10.5. The van der Waals surface area contributed by atoms with E-state index in [0.717, 1.165) is 6.42 Å². The van der Waals surface area contributed by atoms with Crippen LogP contribution in [0.2, 0.25) is 5.15 Å². The van der Waals surface area contributed by atoms with Crippen LogP contribution in [0, 0.1) is 3.57 Å². The summed E-state index contributed by atoms with van der Waals surface area (Å²) in [6.45, 7) is 1.23. The van der Waals surface area contributed by atoms with E-state index in [1.807, 2.05) is 22.6 Å². The van der Waals surface area contributed by atoms with Gasteiger partial charge in [-0.05, 0) is 29.0 Å². The van der Waals surface area contributed by atoms with E-state index in [4.69, 9.17) is 16.3 Å². The molecule has 1 rings (SSSR count). The summed E-state index contributed by atoms with van der Waals surface area (Å²) < 4.78 is 6.89. The first kappa shape index (κ1) is 11.9. The van der Waals surface area contributed by atoms with Crippen LogP contribution in [0.4, 0.5) is 0 Å². The van der Waals surface area contributed by atoms with Gasteiger partial charge in [-0.1, -0.05) is 11.6 Å². The van der Waals surface area contributed by atoms with Gasteiger partial charge < -0.3 is 4.74 Å². The molecule has 0 amide bonds. The molecule has 0 aliphatic carbocycles. The molecule has 0 unspecified atom stereocenters. The Morgan fingerprint density at radius 2 is 2.43 bits per heavy atom. The molecule has 0 fully saturated rings. The van der Waals surface area contributed by atoms with E-state index < -0.39 is 0 Å². The molecule has 78 valence electrons. The molecule has 14 heavy (non-hydrogen) atoms. The van der Waals surface area contributed by atoms with Gasteiger partial charge in [0.2, 0.25) is 0 Å². The number of ether oxygens (including phenoxy) is 1. The van der Waals surface area contributed by atoms with Crippen molar-refractivity contribution in [3.05, 3.63) is 25.4 Å². The van der Waals surface area contributed by atoms with Gasteiger partial charge in [-0.2, -0.15) is 0 Å². The van der Waals surface area contributed by atoms with Crippen LogP contribution >= 0.6 is 34.2 Å². The summed E-state index contributed by atoms with van der Waals surface area (Å²) in [5.74, 6) is 0. The van der Waals surface area contributed by atoms with E-state index in [0.29, 0.717) is 16.7 Å². The highest BCUT2D eigenvalue weighted by Gasteiger charge is 2.05. The third-order valence-electron chi connectivity index (χ3n) is 1.69. The Labute approximate surface area is 100 Å². The van der Waals surface area contributed by atoms with Crippen LogP contribution in [0.5, 0.6) is 0 Å². The average molecular weight is 329 g/mol. The second kappa shape index (κ2) is 5.67. The van der Waals surface area contributed by atoms with Gasteiger partial charge >= 0.3 is 0 Å². The number of rotatable bonds is 4. The van der Waals surface area contributed by atoms with Gasteiger partial charge in [-0.25, -0.2) is 4.98 Å². The van der Waals surface area contributed by atoms with Crippen LogP contribution < -0.4 is 5.56 Å². The zero-order valence-corrected chi connectivity index (χ0v) is 10.6. The summed E-state index contributed by atoms with van der Waals surface area (Å²) >= 11 is 7.59. The fraction of sp³-hybridized carbons (Fsp3) is 0.500. The Morgan fingerprint density at radius 3 is 3.07 bits per heavy atom. The Balaban J connectivity index is 2.79. The molecule has 0 N–H and O–H groups in total. The zero-order chi connectivity index (χ0) is 10.6. The molecule has 0 spiro atoms. The highest BCUT2D eigenvalue weighted by molar-refractivity contribution is 14.1. The number of hydrogen-bond donors (Lipinski definition) is 0. The summed E-state index contributed by atoms with van der Waals surface area (Å²) in [6, 6.07) is 0.